The van der Waals surface area contributed by atoms with Gasteiger partial charge < -0.3 is 5.32 Å². The number of carbonyl (C=O) groups excluding carboxylic acids is 1. The van der Waals surface area contributed by atoms with Gasteiger partial charge in [-0.25, -0.2) is 21.1 Å². The van der Waals surface area contributed by atoms with Gasteiger partial charge in [-0.3, -0.25) is 9.69 Å². The van der Waals surface area contributed by atoms with E-state index in [-0.39, 0.29) is 23.2 Å². The molecule has 0 radical (unpaired) electrons. The predicted molar refractivity (Wildman–Crippen MR) is 109 cm³/mol. The third-order valence-electron chi connectivity index (χ3n) is 4.90. The van der Waals surface area contributed by atoms with Crippen molar-refractivity contribution in [2.75, 3.05) is 50.5 Å². The average Bonchev–Trinajstić information content (AvgIpc) is 2.67. The van der Waals surface area contributed by atoms with Crippen LogP contribution in [0.3, 0.4) is 0 Å². The molecule has 1 saturated heterocycles. The van der Waals surface area contributed by atoms with Gasteiger partial charge in [-0.05, 0) is 18.9 Å². The number of sulfone groups is 1. The average molecular weight is 432 g/mol. The van der Waals surface area contributed by atoms with E-state index in [0.717, 1.165) is 5.56 Å². The van der Waals surface area contributed by atoms with Crippen LogP contribution in [0.2, 0.25) is 0 Å². The molecule has 10 heteroatoms. The second kappa shape index (κ2) is 9.82. The Morgan fingerprint density at radius 2 is 1.82 bits per heavy atom. The highest BCUT2D eigenvalue weighted by Gasteiger charge is 2.32. The molecule has 1 aliphatic rings. The van der Waals surface area contributed by atoms with Crippen LogP contribution in [-0.4, -0.2) is 82.4 Å². The fourth-order valence-electron chi connectivity index (χ4n) is 3.12. The monoisotopic (exact) mass is 431 g/mol. The van der Waals surface area contributed by atoms with Crippen LogP contribution in [0, 0.1) is 0 Å². The van der Waals surface area contributed by atoms with Crippen LogP contribution in [0.5, 0.6) is 0 Å². The Morgan fingerprint density at radius 1 is 1.21 bits per heavy atom. The van der Waals surface area contributed by atoms with Crippen LogP contribution in [0.25, 0.3) is 0 Å². The second-order valence-corrected chi connectivity index (χ2v) is 11.5. The number of hydrogen-bond acceptors (Lipinski definition) is 6. The summed E-state index contributed by atoms with van der Waals surface area (Å²) in [5.41, 5.74) is 0.810. The minimum Gasteiger partial charge on any atom is -0.354 e. The lowest BCUT2D eigenvalue weighted by atomic mass is 10.0. The van der Waals surface area contributed by atoms with Crippen LogP contribution >= 0.6 is 0 Å². The molecule has 28 heavy (non-hydrogen) atoms. The van der Waals surface area contributed by atoms with Crippen molar-refractivity contribution in [2.45, 2.75) is 19.4 Å². The van der Waals surface area contributed by atoms with E-state index in [2.05, 4.69) is 5.32 Å². The third kappa shape index (κ3) is 6.26. The molecule has 1 aromatic rings. The summed E-state index contributed by atoms with van der Waals surface area (Å²) in [6, 6.07) is 8.71. The Labute approximate surface area is 167 Å². The zero-order valence-electron chi connectivity index (χ0n) is 16.4. The molecular weight excluding hydrogens is 402 g/mol. The van der Waals surface area contributed by atoms with Gasteiger partial charge >= 0.3 is 0 Å². The number of nitrogens with zero attached hydrogens (tertiary/aromatic N) is 2. The SMILES string of the molecule is CCS(=O)(=O)N(C)CCCNC(=O)C(c1ccccc1)N1CCS(=O)(=O)CC1. The molecule has 0 spiro atoms. The lowest BCUT2D eigenvalue weighted by Crippen LogP contribution is -2.47. The van der Waals surface area contributed by atoms with Crippen LogP contribution in [0.15, 0.2) is 30.3 Å². The summed E-state index contributed by atoms with van der Waals surface area (Å²) in [5, 5.41) is 2.87. The molecule has 2 rings (SSSR count). The van der Waals surface area contributed by atoms with E-state index in [1.165, 1.54) is 11.4 Å². The normalized spacial score (nSPS) is 18.7. The Bertz CT molecular complexity index is 842. The van der Waals surface area contributed by atoms with Crippen molar-refractivity contribution >= 4 is 25.8 Å². The van der Waals surface area contributed by atoms with Gasteiger partial charge in [0.15, 0.2) is 9.84 Å². The lowest BCUT2D eigenvalue weighted by Gasteiger charge is -2.33. The Hall–Kier alpha value is -1.49. The molecule has 158 valence electrons. The topological polar surface area (TPSA) is 104 Å². The number of nitrogens with one attached hydrogen (secondary N) is 1. The number of rotatable bonds is 9. The highest BCUT2D eigenvalue weighted by atomic mass is 32.2. The summed E-state index contributed by atoms with van der Waals surface area (Å²) in [6.07, 6.45) is 0.497. The van der Waals surface area contributed by atoms with Gasteiger partial charge in [0, 0.05) is 33.2 Å². The summed E-state index contributed by atoms with van der Waals surface area (Å²) < 4.78 is 48.3. The standard InChI is InChI=1S/C18H29N3O5S2/c1-3-28(25,26)20(2)11-7-10-19-18(22)17(16-8-5-4-6-9-16)21-12-14-27(23,24)15-13-21/h4-6,8-9,17H,3,7,10-15H2,1-2H3,(H,19,22). The first kappa shape index (κ1) is 22.8. The van der Waals surface area contributed by atoms with E-state index in [9.17, 15) is 21.6 Å². The summed E-state index contributed by atoms with van der Waals surface area (Å²) in [6.45, 7) is 2.89. The van der Waals surface area contributed by atoms with Crippen molar-refractivity contribution in [2.24, 2.45) is 0 Å². The van der Waals surface area contributed by atoms with Crippen molar-refractivity contribution in [1.29, 1.82) is 0 Å². The summed E-state index contributed by atoms with van der Waals surface area (Å²) in [5.74, 6) is -0.0670. The third-order valence-corrected chi connectivity index (χ3v) is 8.37. The summed E-state index contributed by atoms with van der Waals surface area (Å²) >= 11 is 0. The van der Waals surface area contributed by atoms with E-state index in [1.54, 1.807) is 6.92 Å². The Morgan fingerprint density at radius 3 is 2.39 bits per heavy atom. The smallest absolute Gasteiger partial charge is 0.241 e. The fourth-order valence-corrected chi connectivity index (χ4v) is 5.20. The molecule has 1 N–H and O–H groups in total. The number of hydrogen-bond donors (Lipinski definition) is 1. The van der Waals surface area contributed by atoms with Crippen molar-refractivity contribution in [3.63, 3.8) is 0 Å². The molecule has 0 aliphatic carbocycles. The maximum atomic E-state index is 12.9. The first-order valence-electron chi connectivity index (χ1n) is 9.37. The highest BCUT2D eigenvalue weighted by Crippen LogP contribution is 2.23. The fraction of sp³-hybridized carbons (Fsp3) is 0.611. The van der Waals surface area contributed by atoms with E-state index < -0.39 is 25.9 Å². The first-order chi connectivity index (χ1) is 13.2. The maximum Gasteiger partial charge on any atom is 0.241 e. The Kier molecular flexibility index (Phi) is 7.99. The molecule has 1 aromatic carbocycles. The van der Waals surface area contributed by atoms with Gasteiger partial charge in [-0.2, -0.15) is 0 Å². The highest BCUT2D eigenvalue weighted by molar-refractivity contribution is 7.91. The second-order valence-electron chi connectivity index (χ2n) is 6.87. The molecular formula is C18H29N3O5S2. The van der Waals surface area contributed by atoms with Gasteiger partial charge in [0.05, 0.1) is 17.3 Å². The quantitative estimate of drug-likeness (QED) is 0.562. The van der Waals surface area contributed by atoms with Crippen LogP contribution in [-0.2, 0) is 24.7 Å². The van der Waals surface area contributed by atoms with Crippen LogP contribution in [0.4, 0.5) is 0 Å². The summed E-state index contributed by atoms with van der Waals surface area (Å²) in [4.78, 5) is 14.8. The van der Waals surface area contributed by atoms with Gasteiger partial charge in [-0.1, -0.05) is 30.3 Å². The molecule has 1 heterocycles. The van der Waals surface area contributed by atoms with Crippen molar-refractivity contribution in [3.05, 3.63) is 35.9 Å². The minimum absolute atomic E-state index is 0.0449. The molecule has 1 fully saturated rings. The zero-order chi connectivity index (χ0) is 20.8. The van der Waals surface area contributed by atoms with Gasteiger partial charge in [0.1, 0.15) is 6.04 Å². The van der Waals surface area contributed by atoms with E-state index >= 15 is 0 Å². The largest absolute Gasteiger partial charge is 0.354 e. The van der Waals surface area contributed by atoms with Crippen molar-refractivity contribution < 1.29 is 21.6 Å². The summed E-state index contributed by atoms with van der Waals surface area (Å²) in [7, 11) is -4.74. The molecule has 0 bridgehead atoms. The number of amides is 1. The Balaban J connectivity index is 1.98. The molecule has 1 amide bonds. The number of carbonyl (C=O) groups is 1. The maximum absolute atomic E-state index is 12.9. The van der Waals surface area contributed by atoms with E-state index in [1.807, 2.05) is 35.2 Å². The van der Waals surface area contributed by atoms with Crippen molar-refractivity contribution in [3.8, 4) is 0 Å². The molecule has 1 aliphatic heterocycles. The molecule has 1 unspecified atom stereocenters. The molecule has 8 nitrogen and oxygen atoms in total. The van der Waals surface area contributed by atoms with Gasteiger partial charge in [0.25, 0.3) is 0 Å². The van der Waals surface area contributed by atoms with E-state index in [0.29, 0.717) is 32.6 Å². The lowest BCUT2D eigenvalue weighted by molar-refractivity contribution is -0.126. The predicted octanol–water partition coefficient (Wildman–Crippen LogP) is 0.246. The first-order valence-corrected chi connectivity index (χ1v) is 12.8. The van der Waals surface area contributed by atoms with Crippen molar-refractivity contribution in [1.82, 2.24) is 14.5 Å². The molecule has 0 saturated carbocycles. The minimum atomic E-state index is -3.23. The molecule has 1 atom stereocenters. The molecule has 0 aromatic heterocycles. The van der Waals surface area contributed by atoms with Gasteiger partial charge in [0.2, 0.25) is 15.9 Å². The van der Waals surface area contributed by atoms with Crippen LogP contribution in [0.1, 0.15) is 24.9 Å². The zero-order valence-corrected chi connectivity index (χ0v) is 18.0. The van der Waals surface area contributed by atoms with Crippen LogP contribution < -0.4 is 5.32 Å². The van der Waals surface area contributed by atoms with E-state index in [4.69, 9.17) is 0 Å². The number of sulfonamides is 1. The number of benzene rings is 1. The van der Waals surface area contributed by atoms with Gasteiger partial charge in [-0.15, -0.1) is 0 Å².